The number of urea groups is 2. The molecule has 0 aromatic heterocycles. The quantitative estimate of drug-likeness (QED) is 0.220. The van der Waals surface area contributed by atoms with E-state index in [-0.39, 0.29) is 55.4 Å². The van der Waals surface area contributed by atoms with Crippen molar-refractivity contribution in [1.29, 1.82) is 0 Å². The number of esters is 1. The predicted octanol–water partition coefficient (Wildman–Crippen LogP) is 2.63. The van der Waals surface area contributed by atoms with Gasteiger partial charge in [-0.05, 0) is 102 Å². The van der Waals surface area contributed by atoms with E-state index in [0.29, 0.717) is 6.61 Å². The van der Waals surface area contributed by atoms with Gasteiger partial charge in [0.1, 0.15) is 6.54 Å². The summed E-state index contributed by atoms with van der Waals surface area (Å²) in [5.41, 5.74) is 9.34. The number of terminal acetylenes is 2. The van der Waals surface area contributed by atoms with Crippen molar-refractivity contribution in [2.75, 3.05) is 26.7 Å². The molecule has 0 unspecified atom stereocenters. The number of amides is 5. The first-order valence-electron chi connectivity index (χ1n) is 9.59. The second-order valence-corrected chi connectivity index (χ2v) is 4.95. The SMILES string of the molecule is C.C#CC#CC#CC#CC#CC#CC#CC#CC#C.CCOC(=O)CNC(N)=O.CNC(=O)CNC(N)=O.N.[HH].[HH].[HH].[HH].[HH].[HH].[HH].[HH].[HH].[HH].[HH].[HH].[HH].[HH].[HH].[HH]. The molecule has 0 fully saturated rings. The molecule has 0 aliphatic carbocycles. The highest BCUT2D eigenvalue weighted by molar-refractivity contribution is 5.83. The summed E-state index contributed by atoms with van der Waals surface area (Å²) in [5.74, 6) is 37.5. The van der Waals surface area contributed by atoms with Crippen LogP contribution in [0.25, 0.3) is 0 Å². The Morgan fingerprint density at radius 1 is 0.692 bits per heavy atom. The predicted molar refractivity (Wildman–Crippen MR) is 184 cm³/mol. The van der Waals surface area contributed by atoms with Crippen molar-refractivity contribution in [3.8, 4) is 108 Å². The third-order valence-corrected chi connectivity index (χ3v) is 2.37. The lowest BCUT2D eigenvalue weighted by Crippen LogP contribution is -2.38. The van der Waals surface area contributed by atoms with Crippen LogP contribution in [-0.4, -0.2) is 50.7 Å². The van der Waals surface area contributed by atoms with E-state index in [2.05, 4.69) is 127 Å². The smallest absolute Gasteiger partial charge is 0.325 e. The van der Waals surface area contributed by atoms with E-state index >= 15 is 0 Å². The molecule has 0 radical (unpaired) electrons. The number of primary amides is 2. The normalized spacial score (nSPS) is 5.74. The van der Waals surface area contributed by atoms with Crippen LogP contribution in [0, 0.1) is 108 Å². The topological polar surface area (TPSA) is 201 Å². The molecule has 0 saturated heterocycles. The van der Waals surface area contributed by atoms with Gasteiger partial charge < -0.3 is 38.3 Å². The maximum Gasteiger partial charge on any atom is 0.325 e. The maximum absolute atomic E-state index is 10.5. The van der Waals surface area contributed by atoms with E-state index in [1.165, 1.54) is 7.05 Å². The molecule has 0 aliphatic heterocycles. The monoisotopic (exact) mass is 560 g/mol. The number of carbonyl (C=O) groups excluding carboxylic acids is 4. The number of hydrogen-bond acceptors (Lipinski definition) is 6. The van der Waals surface area contributed by atoms with Gasteiger partial charge in [-0.25, -0.2) is 9.59 Å². The van der Waals surface area contributed by atoms with Crippen molar-refractivity contribution >= 4 is 23.9 Å². The summed E-state index contributed by atoms with van der Waals surface area (Å²) in [6, 6.07) is -1.42. The number of hydrogen-bond donors (Lipinski definition) is 6. The Kier molecular flexibility index (Phi) is 39.4. The molecule has 11 nitrogen and oxygen atoms in total. The summed E-state index contributed by atoms with van der Waals surface area (Å²) >= 11 is 0. The van der Waals surface area contributed by atoms with Crippen molar-refractivity contribution < 1.29 is 46.7 Å². The average Bonchev–Trinajstić information content (AvgIpc) is 2.87. The summed E-state index contributed by atoms with van der Waals surface area (Å²) in [4.78, 5) is 40.8. The molecule has 11 heteroatoms. The van der Waals surface area contributed by atoms with Crippen LogP contribution in [0.5, 0.6) is 0 Å². The first-order chi connectivity index (χ1) is 17.7. The molecule has 5 amide bonds. The maximum atomic E-state index is 10.5. The largest absolute Gasteiger partial charge is 0.465 e. The van der Waals surface area contributed by atoms with Crippen LogP contribution in [0.2, 0.25) is 0 Å². The number of rotatable bonds is 5. The molecule has 10 N–H and O–H groups in total. The standard InChI is InChI=1S/C18H2.C5H10N2O3.C4H9N3O2.CH4.H3N.16H2/c1-3-5-7-9-11-13-15-17-18-16-14-12-10-8-6-4-2;1-2-10-4(8)3-7-5(6)9;1-6-3(8)2-7-4(5)9;;;;;;;;;;;;;;;;;;/h1-2H;2-3H2,1H3,(H3,6,7,9);2H2,1H3,(H,6,8)(H3,5,7,9);1H4;1H3;16*1H. The summed E-state index contributed by atoms with van der Waals surface area (Å²) < 4.78 is 4.48. The Morgan fingerprint density at radius 3 is 1.26 bits per heavy atom. The number of ether oxygens (including phenoxy) is 1. The van der Waals surface area contributed by atoms with Crippen molar-refractivity contribution in [2.24, 2.45) is 11.5 Å². The molecule has 0 atom stereocenters. The van der Waals surface area contributed by atoms with E-state index in [4.69, 9.17) is 12.8 Å². The molecule has 0 rings (SSSR count). The lowest BCUT2D eigenvalue weighted by atomic mass is 10.5. The lowest BCUT2D eigenvalue weighted by molar-refractivity contribution is -0.141. The fraction of sp³-hybridized carbons (Fsp3) is 0.214. The van der Waals surface area contributed by atoms with Gasteiger partial charge >= 0.3 is 18.0 Å². The van der Waals surface area contributed by atoms with Crippen LogP contribution in [-0.2, 0) is 14.3 Å². The Labute approximate surface area is 254 Å². The highest BCUT2D eigenvalue weighted by atomic mass is 16.5. The first-order valence-corrected chi connectivity index (χ1v) is 9.59. The molecule has 0 aromatic rings. The van der Waals surface area contributed by atoms with Crippen LogP contribution >= 0.6 is 0 Å². The fourth-order valence-electron chi connectivity index (χ4n) is 1.07. The molecule has 39 heavy (non-hydrogen) atoms. The molecule has 0 saturated carbocycles. The molecule has 0 spiro atoms. The van der Waals surface area contributed by atoms with Gasteiger partial charge in [0.25, 0.3) is 0 Å². The summed E-state index contributed by atoms with van der Waals surface area (Å²) in [7, 11) is 1.48. The first kappa shape index (κ1) is 42.6. The van der Waals surface area contributed by atoms with Gasteiger partial charge in [0.15, 0.2) is 0 Å². The minimum Gasteiger partial charge on any atom is -0.465 e. The van der Waals surface area contributed by atoms with E-state index < -0.39 is 18.0 Å². The second-order valence-electron chi connectivity index (χ2n) is 4.95. The zero-order valence-electron chi connectivity index (χ0n) is 20.7. The van der Waals surface area contributed by atoms with Gasteiger partial charge in [0.05, 0.1) is 13.2 Å². The third kappa shape index (κ3) is 49.6. The average molecular weight is 561 g/mol. The van der Waals surface area contributed by atoms with Crippen molar-refractivity contribution in [1.82, 2.24) is 22.1 Å². The van der Waals surface area contributed by atoms with Gasteiger partial charge in [-0.2, -0.15) is 0 Å². The zero-order valence-corrected chi connectivity index (χ0v) is 20.7. The molecule has 0 bridgehead atoms. The Bertz CT molecular complexity index is 1310. The Hall–Kier alpha value is -6.52. The number of carbonyl (C=O) groups is 4. The van der Waals surface area contributed by atoms with Gasteiger partial charge in [-0.15, -0.1) is 12.8 Å². The highest BCUT2D eigenvalue weighted by Crippen LogP contribution is 1.73. The van der Waals surface area contributed by atoms with Crippen LogP contribution in [0.3, 0.4) is 0 Å². The lowest BCUT2D eigenvalue weighted by Gasteiger charge is -2.00. The third-order valence-electron chi connectivity index (χ3n) is 2.37. The molecule has 0 aliphatic rings. The van der Waals surface area contributed by atoms with Crippen LogP contribution in [0.15, 0.2) is 0 Å². The van der Waals surface area contributed by atoms with Crippen LogP contribution in [0.1, 0.15) is 37.2 Å². The minimum atomic E-state index is -0.729. The highest BCUT2D eigenvalue weighted by Gasteiger charge is 2.00. The fourth-order valence-corrected chi connectivity index (χ4v) is 1.07. The molecule has 0 aromatic carbocycles. The molecule has 232 valence electrons. The summed E-state index contributed by atoms with van der Waals surface area (Å²) in [5, 5.41) is 6.53. The molecular formula is C28H60N6O5. The summed E-state index contributed by atoms with van der Waals surface area (Å²) in [6.07, 6.45) is 9.76. The van der Waals surface area contributed by atoms with E-state index in [1.807, 2.05) is 0 Å². The van der Waals surface area contributed by atoms with Crippen molar-refractivity contribution in [2.45, 2.75) is 14.4 Å². The minimum absolute atomic E-state index is 0. The van der Waals surface area contributed by atoms with Crippen LogP contribution < -0.4 is 33.6 Å². The van der Waals surface area contributed by atoms with Crippen molar-refractivity contribution in [3.63, 3.8) is 0 Å². The summed E-state index contributed by atoms with van der Waals surface area (Å²) in [6.45, 7) is 1.76. The molecular weight excluding hydrogens is 500 g/mol. The second kappa shape index (κ2) is 36.1. The van der Waals surface area contributed by atoms with Gasteiger partial charge in [-0.3, -0.25) is 9.59 Å². The Balaban J connectivity index is -0.0000000149. The van der Waals surface area contributed by atoms with E-state index in [9.17, 15) is 19.2 Å². The number of likely N-dealkylation sites (N-methyl/N-ethyl adjacent to an activating group) is 1. The van der Waals surface area contributed by atoms with E-state index in [0.717, 1.165) is 0 Å². The molecule has 0 heterocycles. The number of nitrogens with one attached hydrogen (secondary N) is 3. The Morgan fingerprint density at radius 2 is 1.00 bits per heavy atom. The zero-order chi connectivity index (χ0) is 28.6. The van der Waals surface area contributed by atoms with E-state index in [1.54, 1.807) is 6.92 Å². The van der Waals surface area contributed by atoms with Gasteiger partial charge in [0, 0.05) is 29.9 Å². The number of nitrogens with two attached hydrogens (primary N) is 2. The van der Waals surface area contributed by atoms with Gasteiger partial charge in [0.2, 0.25) is 5.91 Å². The van der Waals surface area contributed by atoms with Crippen LogP contribution in [0.4, 0.5) is 9.59 Å². The van der Waals surface area contributed by atoms with Gasteiger partial charge in [-0.1, -0.05) is 7.43 Å². The van der Waals surface area contributed by atoms with Crippen molar-refractivity contribution in [3.05, 3.63) is 0 Å².